The van der Waals surface area contributed by atoms with E-state index in [4.69, 9.17) is 10.9 Å². The molecule has 1 aromatic rings. The molecule has 0 heterocycles. The van der Waals surface area contributed by atoms with Crippen LogP contribution in [0.2, 0.25) is 0 Å². The van der Waals surface area contributed by atoms with Crippen molar-refractivity contribution >= 4 is 27.5 Å². The van der Waals surface area contributed by atoms with Gasteiger partial charge in [-0.1, -0.05) is 17.6 Å². The van der Waals surface area contributed by atoms with Crippen LogP contribution in [-0.4, -0.2) is 24.6 Å². The molecule has 0 aromatic heterocycles. The van der Waals surface area contributed by atoms with E-state index in [1.165, 1.54) is 25.7 Å². The Hall–Kier alpha value is -1.23. The van der Waals surface area contributed by atoms with Gasteiger partial charge in [0.1, 0.15) is 0 Å². The molecule has 0 saturated heterocycles. The third kappa shape index (κ3) is 2.76. The Bertz CT molecular complexity index is 560. The Balaban J connectivity index is 1.81. The number of rotatable bonds is 4. The van der Waals surface area contributed by atoms with Crippen molar-refractivity contribution in [2.75, 3.05) is 18.5 Å². The van der Waals surface area contributed by atoms with E-state index in [9.17, 15) is 0 Å². The SMILES string of the molecule is CN(CC1CC2CCC1C2)c1cccc(Br)c1/C(N)=N/O. The van der Waals surface area contributed by atoms with Crippen LogP contribution in [0.1, 0.15) is 31.2 Å². The molecule has 2 fully saturated rings. The second-order valence-electron chi connectivity index (χ2n) is 6.43. The first-order valence-corrected chi connectivity index (χ1v) is 8.37. The maximum atomic E-state index is 9.01. The average molecular weight is 352 g/mol. The summed E-state index contributed by atoms with van der Waals surface area (Å²) in [6.45, 7) is 1.04. The molecule has 0 amide bonds. The fourth-order valence-electron chi connectivity index (χ4n) is 4.18. The molecule has 3 atom stereocenters. The van der Waals surface area contributed by atoms with E-state index in [0.717, 1.165) is 40.0 Å². The minimum atomic E-state index is 0.150. The zero-order chi connectivity index (χ0) is 15.0. The van der Waals surface area contributed by atoms with Crippen LogP contribution in [0.5, 0.6) is 0 Å². The number of fused-ring (bicyclic) bond motifs is 2. The van der Waals surface area contributed by atoms with Crippen LogP contribution in [0.25, 0.3) is 0 Å². The number of nitrogens with two attached hydrogens (primary N) is 1. The van der Waals surface area contributed by atoms with Crippen molar-refractivity contribution in [3.8, 4) is 0 Å². The van der Waals surface area contributed by atoms with Crippen LogP contribution in [0.3, 0.4) is 0 Å². The number of nitrogens with zero attached hydrogens (tertiary/aromatic N) is 2. The normalized spacial score (nSPS) is 28.1. The molecule has 2 aliphatic rings. The highest BCUT2D eigenvalue weighted by Gasteiger charge is 2.39. The standard InChI is InChI=1S/C16H22BrN3O/c1-20(9-12-8-10-5-6-11(12)7-10)14-4-2-3-13(17)15(14)16(18)19-21/h2-4,10-12,21H,5-9H2,1H3,(H2,18,19). The van der Waals surface area contributed by atoms with Gasteiger partial charge in [-0.05, 0) is 65.1 Å². The molecule has 3 N–H and O–H groups in total. The van der Waals surface area contributed by atoms with Gasteiger partial charge in [0, 0.05) is 23.8 Å². The fourth-order valence-corrected chi connectivity index (χ4v) is 4.74. The highest BCUT2D eigenvalue weighted by atomic mass is 79.9. The molecule has 2 aliphatic carbocycles. The van der Waals surface area contributed by atoms with Gasteiger partial charge in [0.05, 0.1) is 5.56 Å². The lowest BCUT2D eigenvalue weighted by atomic mass is 9.88. The topological polar surface area (TPSA) is 61.8 Å². The van der Waals surface area contributed by atoms with Gasteiger partial charge in [-0.2, -0.15) is 0 Å². The number of hydrogen-bond donors (Lipinski definition) is 2. The summed E-state index contributed by atoms with van der Waals surface area (Å²) in [5.41, 5.74) is 7.63. The van der Waals surface area contributed by atoms with Crippen LogP contribution in [0, 0.1) is 17.8 Å². The predicted molar refractivity (Wildman–Crippen MR) is 88.9 cm³/mol. The van der Waals surface area contributed by atoms with Gasteiger partial charge in [0.2, 0.25) is 0 Å². The lowest BCUT2D eigenvalue weighted by Gasteiger charge is -2.30. The van der Waals surface area contributed by atoms with E-state index >= 15 is 0 Å². The minimum Gasteiger partial charge on any atom is -0.409 e. The second kappa shape index (κ2) is 5.87. The van der Waals surface area contributed by atoms with Gasteiger partial charge in [0.25, 0.3) is 0 Å². The molecule has 2 saturated carbocycles. The minimum absolute atomic E-state index is 0.150. The molecule has 3 unspecified atom stereocenters. The van der Waals surface area contributed by atoms with Crippen LogP contribution in [0.4, 0.5) is 5.69 Å². The summed E-state index contributed by atoms with van der Waals surface area (Å²) >= 11 is 3.50. The molecule has 21 heavy (non-hydrogen) atoms. The zero-order valence-corrected chi connectivity index (χ0v) is 13.9. The maximum Gasteiger partial charge on any atom is 0.173 e. The zero-order valence-electron chi connectivity index (χ0n) is 12.3. The van der Waals surface area contributed by atoms with Gasteiger partial charge in [0.15, 0.2) is 5.84 Å². The van der Waals surface area contributed by atoms with Gasteiger partial charge in [-0.15, -0.1) is 0 Å². The van der Waals surface area contributed by atoms with Crippen molar-refractivity contribution in [1.29, 1.82) is 0 Å². The lowest BCUT2D eigenvalue weighted by Crippen LogP contribution is -2.30. The number of hydrogen-bond acceptors (Lipinski definition) is 3. The summed E-state index contributed by atoms with van der Waals surface area (Å²) in [6, 6.07) is 5.94. The fraction of sp³-hybridized carbons (Fsp3) is 0.562. The van der Waals surface area contributed by atoms with Crippen molar-refractivity contribution in [3.05, 3.63) is 28.2 Å². The summed E-state index contributed by atoms with van der Waals surface area (Å²) in [4.78, 5) is 2.25. The molecule has 0 radical (unpaired) electrons. The van der Waals surface area contributed by atoms with Gasteiger partial charge in [-0.3, -0.25) is 0 Å². The molecule has 3 rings (SSSR count). The van der Waals surface area contributed by atoms with E-state index in [-0.39, 0.29) is 5.84 Å². The summed E-state index contributed by atoms with van der Waals surface area (Å²) in [5, 5.41) is 12.2. The molecule has 1 aromatic carbocycles. The first-order chi connectivity index (χ1) is 10.1. The number of amidine groups is 1. The van der Waals surface area contributed by atoms with E-state index in [2.05, 4.69) is 33.0 Å². The first kappa shape index (κ1) is 14.7. The molecular weight excluding hydrogens is 330 g/mol. The monoisotopic (exact) mass is 351 g/mol. The van der Waals surface area contributed by atoms with E-state index in [1.54, 1.807) is 0 Å². The number of benzene rings is 1. The average Bonchev–Trinajstić information content (AvgIpc) is 3.08. The Morgan fingerprint density at radius 1 is 1.43 bits per heavy atom. The number of oxime groups is 1. The Morgan fingerprint density at radius 3 is 2.86 bits per heavy atom. The van der Waals surface area contributed by atoms with Gasteiger partial charge >= 0.3 is 0 Å². The second-order valence-corrected chi connectivity index (χ2v) is 7.29. The van der Waals surface area contributed by atoms with Gasteiger partial charge in [-0.25, -0.2) is 0 Å². The van der Waals surface area contributed by atoms with Crippen LogP contribution in [-0.2, 0) is 0 Å². The third-order valence-corrected chi connectivity index (χ3v) is 5.82. The van der Waals surface area contributed by atoms with E-state index < -0.39 is 0 Å². The third-order valence-electron chi connectivity index (χ3n) is 5.16. The molecule has 114 valence electrons. The van der Waals surface area contributed by atoms with Crippen LogP contribution >= 0.6 is 15.9 Å². The summed E-state index contributed by atoms with van der Waals surface area (Å²) in [5.74, 6) is 2.79. The van der Waals surface area contributed by atoms with Crippen molar-refractivity contribution in [2.45, 2.75) is 25.7 Å². The predicted octanol–water partition coefficient (Wildman–Crippen LogP) is 3.42. The molecular formula is C16H22BrN3O. The molecule has 0 aliphatic heterocycles. The Morgan fingerprint density at radius 2 is 2.24 bits per heavy atom. The summed E-state index contributed by atoms with van der Waals surface area (Å²) in [6.07, 6.45) is 5.61. The van der Waals surface area contributed by atoms with Crippen molar-refractivity contribution < 1.29 is 5.21 Å². The number of anilines is 1. The molecule has 5 heteroatoms. The highest BCUT2D eigenvalue weighted by Crippen LogP contribution is 2.48. The van der Waals surface area contributed by atoms with Crippen LogP contribution < -0.4 is 10.6 Å². The Labute approximate surface area is 134 Å². The van der Waals surface area contributed by atoms with Gasteiger partial charge < -0.3 is 15.8 Å². The summed E-state index contributed by atoms with van der Waals surface area (Å²) < 4.78 is 0.857. The van der Waals surface area contributed by atoms with E-state index in [1.807, 2.05) is 18.2 Å². The number of halogens is 1. The van der Waals surface area contributed by atoms with Crippen molar-refractivity contribution in [3.63, 3.8) is 0 Å². The van der Waals surface area contributed by atoms with Crippen LogP contribution in [0.15, 0.2) is 27.8 Å². The smallest absolute Gasteiger partial charge is 0.173 e. The molecule has 0 spiro atoms. The lowest BCUT2D eigenvalue weighted by molar-refractivity contribution is 0.318. The van der Waals surface area contributed by atoms with E-state index in [0.29, 0.717) is 0 Å². The Kier molecular flexibility index (Phi) is 4.11. The largest absolute Gasteiger partial charge is 0.409 e. The summed E-state index contributed by atoms with van der Waals surface area (Å²) in [7, 11) is 2.10. The van der Waals surface area contributed by atoms with Crippen molar-refractivity contribution in [2.24, 2.45) is 28.6 Å². The molecule has 4 nitrogen and oxygen atoms in total. The maximum absolute atomic E-state index is 9.01. The van der Waals surface area contributed by atoms with Crippen molar-refractivity contribution in [1.82, 2.24) is 0 Å². The molecule has 2 bridgehead atoms. The quantitative estimate of drug-likeness (QED) is 0.378. The highest BCUT2D eigenvalue weighted by molar-refractivity contribution is 9.10. The first-order valence-electron chi connectivity index (χ1n) is 7.57.